The molecule has 0 radical (unpaired) electrons. The summed E-state index contributed by atoms with van der Waals surface area (Å²) in [6, 6.07) is 14.6. The molecule has 4 nitrogen and oxygen atoms in total. The maximum atomic E-state index is 6.01. The molecule has 2 aromatic rings. The minimum Gasteiger partial charge on any atom is -0.368 e. The third-order valence-electron chi connectivity index (χ3n) is 2.38. The quantitative estimate of drug-likeness (QED) is 0.517. The molecule has 0 aliphatic rings. The van der Waals surface area contributed by atoms with Crippen molar-refractivity contribution < 1.29 is 0 Å². The summed E-state index contributed by atoms with van der Waals surface area (Å²) in [5.74, 6) is 0.177. The number of halogens is 2. The van der Waals surface area contributed by atoms with Crippen LogP contribution in [0.4, 0.5) is 5.69 Å². The van der Waals surface area contributed by atoms with Crippen molar-refractivity contribution in [3.63, 3.8) is 0 Å². The highest BCUT2D eigenvalue weighted by atomic mass is 35.5. The molecule has 0 bridgehead atoms. The number of nitrogens with one attached hydrogen (secondary N) is 1. The zero-order valence-corrected chi connectivity index (χ0v) is 11.9. The van der Waals surface area contributed by atoms with E-state index in [1.54, 1.807) is 18.2 Å². The van der Waals surface area contributed by atoms with Crippen LogP contribution in [0.3, 0.4) is 0 Å². The average molecular weight is 307 g/mol. The number of guanidine groups is 1. The molecule has 0 aliphatic heterocycles. The van der Waals surface area contributed by atoms with Crippen molar-refractivity contribution in [1.29, 1.82) is 0 Å². The van der Waals surface area contributed by atoms with Crippen molar-refractivity contribution in [2.24, 2.45) is 15.8 Å². The molecule has 0 atom stereocenters. The SMILES string of the molecule is NC(=Nc1ccccc1)NN=Cc1c(Cl)cccc1Cl. The van der Waals surface area contributed by atoms with Gasteiger partial charge >= 0.3 is 0 Å². The Bertz CT molecular complexity index is 619. The highest BCUT2D eigenvalue weighted by molar-refractivity contribution is 6.38. The third-order valence-corrected chi connectivity index (χ3v) is 3.04. The van der Waals surface area contributed by atoms with Gasteiger partial charge in [-0.05, 0) is 24.3 Å². The first-order valence-corrected chi connectivity index (χ1v) is 6.54. The molecule has 102 valence electrons. The lowest BCUT2D eigenvalue weighted by molar-refractivity contribution is 1.01. The van der Waals surface area contributed by atoms with Gasteiger partial charge in [0.2, 0.25) is 5.96 Å². The summed E-state index contributed by atoms with van der Waals surface area (Å²) in [7, 11) is 0. The number of nitrogens with two attached hydrogens (primary N) is 1. The highest BCUT2D eigenvalue weighted by Gasteiger charge is 2.01. The van der Waals surface area contributed by atoms with Crippen molar-refractivity contribution in [1.82, 2.24) is 5.43 Å². The van der Waals surface area contributed by atoms with Gasteiger partial charge in [-0.1, -0.05) is 47.5 Å². The molecular formula is C14H12Cl2N4. The Morgan fingerprint density at radius 2 is 1.65 bits per heavy atom. The van der Waals surface area contributed by atoms with Crippen LogP contribution >= 0.6 is 23.2 Å². The van der Waals surface area contributed by atoms with Gasteiger partial charge in [-0.3, -0.25) is 0 Å². The minimum absolute atomic E-state index is 0.177. The Morgan fingerprint density at radius 1 is 1.00 bits per heavy atom. The van der Waals surface area contributed by atoms with E-state index in [2.05, 4.69) is 15.5 Å². The molecule has 6 heteroatoms. The van der Waals surface area contributed by atoms with Crippen molar-refractivity contribution in [3.8, 4) is 0 Å². The second-order valence-corrected chi connectivity index (χ2v) is 4.65. The molecule has 3 N–H and O–H groups in total. The van der Waals surface area contributed by atoms with Gasteiger partial charge in [-0.2, -0.15) is 5.10 Å². The smallest absolute Gasteiger partial charge is 0.214 e. The van der Waals surface area contributed by atoms with Crippen molar-refractivity contribution in [2.45, 2.75) is 0 Å². The second-order valence-electron chi connectivity index (χ2n) is 3.84. The predicted octanol–water partition coefficient (Wildman–Crippen LogP) is 3.56. The van der Waals surface area contributed by atoms with Crippen molar-refractivity contribution >= 4 is 41.1 Å². The molecule has 0 spiro atoms. The van der Waals surface area contributed by atoms with E-state index in [0.29, 0.717) is 15.6 Å². The van der Waals surface area contributed by atoms with E-state index in [9.17, 15) is 0 Å². The van der Waals surface area contributed by atoms with Crippen LogP contribution < -0.4 is 11.2 Å². The van der Waals surface area contributed by atoms with Crippen LogP contribution in [-0.4, -0.2) is 12.2 Å². The summed E-state index contributed by atoms with van der Waals surface area (Å²) in [6.07, 6.45) is 1.50. The number of nitrogens with zero attached hydrogens (tertiary/aromatic N) is 2. The normalized spacial score (nSPS) is 11.8. The molecule has 0 amide bonds. The number of para-hydroxylation sites is 1. The van der Waals surface area contributed by atoms with Crippen molar-refractivity contribution in [2.75, 3.05) is 0 Å². The van der Waals surface area contributed by atoms with E-state index in [1.807, 2.05) is 30.3 Å². The van der Waals surface area contributed by atoms with Gasteiger partial charge in [-0.25, -0.2) is 10.4 Å². The molecule has 0 aliphatic carbocycles. The molecule has 0 aromatic heterocycles. The lowest BCUT2D eigenvalue weighted by atomic mass is 10.2. The highest BCUT2D eigenvalue weighted by Crippen LogP contribution is 2.21. The van der Waals surface area contributed by atoms with Gasteiger partial charge in [0, 0.05) is 5.56 Å². The molecule has 2 rings (SSSR count). The Balaban J connectivity index is 2.05. The van der Waals surface area contributed by atoms with Crippen LogP contribution in [0.2, 0.25) is 10.0 Å². The van der Waals surface area contributed by atoms with E-state index >= 15 is 0 Å². The first kappa shape index (κ1) is 14.4. The minimum atomic E-state index is 0.177. The Kier molecular flexibility index (Phi) is 4.98. The summed E-state index contributed by atoms with van der Waals surface area (Å²) in [4.78, 5) is 4.14. The monoisotopic (exact) mass is 306 g/mol. The fraction of sp³-hybridized carbons (Fsp3) is 0. The molecule has 0 saturated heterocycles. The van der Waals surface area contributed by atoms with Crippen LogP contribution in [0.5, 0.6) is 0 Å². The average Bonchev–Trinajstić information content (AvgIpc) is 2.43. The summed E-state index contributed by atoms with van der Waals surface area (Å²) in [5, 5.41) is 4.99. The number of hydrogen-bond acceptors (Lipinski definition) is 2. The molecular weight excluding hydrogens is 295 g/mol. The van der Waals surface area contributed by atoms with Gasteiger partial charge in [-0.15, -0.1) is 0 Å². The Hall–Kier alpha value is -2.04. The molecule has 2 aromatic carbocycles. The van der Waals surface area contributed by atoms with E-state index in [0.717, 1.165) is 5.69 Å². The Morgan fingerprint density at radius 3 is 2.30 bits per heavy atom. The lowest BCUT2D eigenvalue weighted by Gasteiger charge is -2.01. The van der Waals surface area contributed by atoms with Crippen molar-refractivity contribution in [3.05, 3.63) is 64.1 Å². The maximum absolute atomic E-state index is 6.01. The van der Waals surface area contributed by atoms with Gasteiger partial charge in [0.25, 0.3) is 0 Å². The fourth-order valence-corrected chi connectivity index (χ4v) is 1.96. The van der Waals surface area contributed by atoms with E-state index in [4.69, 9.17) is 28.9 Å². The van der Waals surface area contributed by atoms with Crippen LogP contribution in [-0.2, 0) is 0 Å². The van der Waals surface area contributed by atoms with Crippen LogP contribution in [0.25, 0.3) is 0 Å². The van der Waals surface area contributed by atoms with E-state index in [-0.39, 0.29) is 5.96 Å². The number of aliphatic imine (C=N–C) groups is 1. The Labute approximate surface area is 126 Å². The molecule has 0 saturated carbocycles. The topological polar surface area (TPSA) is 62.8 Å². The number of hydrazone groups is 1. The summed E-state index contributed by atoms with van der Waals surface area (Å²) < 4.78 is 0. The number of rotatable bonds is 3. The maximum Gasteiger partial charge on any atom is 0.214 e. The largest absolute Gasteiger partial charge is 0.368 e. The molecule has 20 heavy (non-hydrogen) atoms. The van der Waals surface area contributed by atoms with Crippen LogP contribution in [0.15, 0.2) is 58.6 Å². The summed E-state index contributed by atoms with van der Waals surface area (Å²) in [6.45, 7) is 0. The van der Waals surface area contributed by atoms with Crippen LogP contribution in [0, 0.1) is 0 Å². The molecule has 0 fully saturated rings. The van der Waals surface area contributed by atoms with E-state index < -0.39 is 0 Å². The first-order valence-electron chi connectivity index (χ1n) is 5.79. The lowest BCUT2D eigenvalue weighted by Crippen LogP contribution is -2.26. The van der Waals surface area contributed by atoms with Gasteiger partial charge in [0.15, 0.2) is 0 Å². The molecule has 0 heterocycles. The summed E-state index contributed by atoms with van der Waals surface area (Å²) in [5.41, 5.74) is 9.68. The van der Waals surface area contributed by atoms with E-state index in [1.165, 1.54) is 6.21 Å². The zero-order valence-electron chi connectivity index (χ0n) is 10.4. The van der Waals surface area contributed by atoms with Gasteiger partial charge < -0.3 is 5.73 Å². The van der Waals surface area contributed by atoms with Gasteiger partial charge in [0.1, 0.15) is 0 Å². The second kappa shape index (κ2) is 6.93. The summed E-state index contributed by atoms with van der Waals surface area (Å²) >= 11 is 12.0. The fourth-order valence-electron chi connectivity index (χ4n) is 1.46. The van der Waals surface area contributed by atoms with Crippen LogP contribution in [0.1, 0.15) is 5.56 Å². The predicted molar refractivity (Wildman–Crippen MR) is 84.9 cm³/mol. The zero-order chi connectivity index (χ0) is 14.4. The first-order chi connectivity index (χ1) is 9.66. The number of hydrogen-bond donors (Lipinski definition) is 2. The number of benzene rings is 2. The third kappa shape index (κ3) is 3.98. The molecule has 0 unspecified atom stereocenters. The standard InChI is InChI=1S/C14H12Cl2N4/c15-12-7-4-8-13(16)11(12)9-18-20-14(17)19-10-5-2-1-3-6-10/h1-9H,(H3,17,19,20). The van der Waals surface area contributed by atoms with Gasteiger partial charge in [0.05, 0.1) is 21.9 Å².